The second kappa shape index (κ2) is 5.69. The number of hydrazone groups is 1. The van der Waals surface area contributed by atoms with E-state index in [4.69, 9.17) is 0 Å². The third-order valence-electron chi connectivity index (χ3n) is 4.32. The second-order valence-electron chi connectivity index (χ2n) is 5.72. The summed E-state index contributed by atoms with van der Waals surface area (Å²) in [6, 6.07) is 24.6. The van der Waals surface area contributed by atoms with Crippen LogP contribution in [0.2, 0.25) is 0 Å². The van der Waals surface area contributed by atoms with E-state index >= 15 is 0 Å². The lowest BCUT2D eigenvalue weighted by Gasteiger charge is -2.17. The van der Waals surface area contributed by atoms with Crippen molar-refractivity contribution in [3.05, 3.63) is 83.9 Å². The Labute approximate surface area is 134 Å². The summed E-state index contributed by atoms with van der Waals surface area (Å²) >= 11 is 0. The highest BCUT2D eigenvalue weighted by atomic mass is 16.1. The summed E-state index contributed by atoms with van der Waals surface area (Å²) in [6.45, 7) is 0. The van der Waals surface area contributed by atoms with Gasteiger partial charge in [-0.1, -0.05) is 66.7 Å². The molecule has 1 amide bonds. The van der Waals surface area contributed by atoms with Crippen LogP contribution in [0, 0.1) is 0 Å². The van der Waals surface area contributed by atoms with Gasteiger partial charge >= 0.3 is 0 Å². The number of carbonyl (C=O) groups excluding carboxylic acids is 1. The van der Waals surface area contributed by atoms with Crippen molar-refractivity contribution in [1.82, 2.24) is 5.01 Å². The first-order chi connectivity index (χ1) is 11.3. The zero-order valence-corrected chi connectivity index (χ0v) is 12.6. The normalized spacial score (nSPS) is 17.3. The molecule has 1 heterocycles. The van der Waals surface area contributed by atoms with Crippen LogP contribution < -0.4 is 0 Å². The molecule has 0 saturated heterocycles. The van der Waals surface area contributed by atoms with Gasteiger partial charge in [0.1, 0.15) is 0 Å². The van der Waals surface area contributed by atoms with Gasteiger partial charge in [0.25, 0.3) is 0 Å². The van der Waals surface area contributed by atoms with Crippen LogP contribution in [0.5, 0.6) is 0 Å². The van der Waals surface area contributed by atoms with Gasteiger partial charge in [-0.3, -0.25) is 4.79 Å². The van der Waals surface area contributed by atoms with E-state index in [0.717, 1.165) is 29.7 Å². The summed E-state index contributed by atoms with van der Waals surface area (Å²) in [5.74, 6) is 0. The summed E-state index contributed by atoms with van der Waals surface area (Å²) in [5.41, 5.74) is 3.14. The molecule has 0 saturated carbocycles. The van der Waals surface area contributed by atoms with E-state index in [9.17, 15) is 4.79 Å². The lowest BCUT2D eigenvalue weighted by molar-refractivity contribution is -0.119. The maximum Gasteiger partial charge on any atom is 0.230 e. The highest BCUT2D eigenvalue weighted by Crippen LogP contribution is 2.31. The Morgan fingerprint density at radius 3 is 2.43 bits per heavy atom. The van der Waals surface area contributed by atoms with E-state index in [1.54, 1.807) is 0 Å². The molecule has 0 aromatic heterocycles. The molecule has 1 unspecified atom stereocenters. The minimum Gasteiger partial charge on any atom is -0.277 e. The van der Waals surface area contributed by atoms with Gasteiger partial charge in [0.15, 0.2) is 0 Å². The summed E-state index contributed by atoms with van der Waals surface area (Å²) < 4.78 is 0. The second-order valence-corrected chi connectivity index (χ2v) is 5.72. The Kier molecular flexibility index (Phi) is 3.39. The number of hydrogen-bond donors (Lipinski definition) is 0. The number of amides is 1. The number of benzene rings is 3. The van der Waals surface area contributed by atoms with Crippen molar-refractivity contribution < 1.29 is 4.79 Å². The Morgan fingerprint density at radius 2 is 1.65 bits per heavy atom. The molecule has 3 heteroatoms. The van der Waals surface area contributed by atoms with Crippen molar-refractivity contribution in [3.8, 4) is 0 Å². The molecular weight excluding hydrogens is 284 g/mol. The van der Waals surface area contributed by atoms with Crippen molar-refractivity contribution in [3.63, 3.8) is 0 Å². The first kappa shape index (κ1) is 13.7. The standard InChI is InChI=1S/C20H16N2O/c23-14-22-20(16-7-2-1-3-8-16)13-19(21-22)18-11-10-15-6-4-5-9-17(15)12-18/h1-12,14,20H,13H2. The predicted molar refractivity (Wildman–Crippen MR) is 92.2 cm³/mol. The number of rotatable bonds is 3. The van der Waals surface area contributed by atoms with Crippen LogP contribution in [0.1, 0.15) is 23.6 Å². The molecule has 1 aliphatic heterocycles. The molecule has 23 heavy (non-hydrogen) atoms. The number of hydrogen-bond acceptors (Lipinski definition) is 2. The van der Waals surface area contributed by atoms with Crippen molar-refractivity contribution in [2.75, 3.05) is 0 Å². The van der Waals surface area contributed by atoms with Crippen LogP contribution in [0.3, 0.4) is 0 Å². The molecule has 0 aliphatic carbocycles. The van der Waals surface area contributed by atoms with E-state index in [0.29, 0.717) is 0 Å². The molecule has 3 aromatic rings. The van der Waals surface area contributed by atoms with E-state index in [-0.39, 0.29) is 6.04 Å². The monoisotopic (exact) mass is 300 g/mol. The third-order valence-corrected chi connectivity index (χ3v) is 4.32. The molecule has 0 fully saturated rings. The van der Waals surface area contributed by atoms with Gasteiger partial charge in [0.05, 0.1) is 11.8 Å². The van der Waals surface area contributed by atoms with Gasteiger partial charge in [0.2, 0.25) is 6.41 Å². The SMILES string of the molecule is O=CN1N=C(c2ccc3ccccc3c2)CC1c1ccccc1. The minimum atomic E-state index is -0.0184. The predicted octanol–water partition coefficient (Wildman–Crippen LogP) is 4.15. The van der Waals surface area contributed by atoms with Crippen LogP contribution in [0.15, 0.2) is 77.9 Å². The molecule has 4 rings (SSSR count). The molecule has 1 aliphatic rings. The average Bonchev–Trinajstić information content (AvgIpc) is 3.06. The zero-order chi connectivity index (χ0) is 15.6. The Hall–Kier alpha value is -2.94. The largest absolute Gasteiger partial charge is 0.277 e. The fraction of sp³-hybridized carbons (Fsp3) is 0.100. The third kappa shape index (κ3) is 2.50. The van der Waals surface area contributed by atoms with Crippen molar-refractivity contribution in [2.45, 2.75) is 12.5 Å². The molecule has 3 aromatic carbocycles. The van der Waals surface area contributed by atoms with Gasteiger partial charge < -0.3 is 0 Å². The highest BCUT2D eigenvalue weighted by molar-refractivity contribution is 6.05. The topological polar surface area (TPSA) is 32.7 Å². The van der Waals surface area contributed by atoms with E-state index in [1.807, 2.05) is 42.5 Å². The molecule has 112 valence electrons. The number of carbonyl (C=O) groups is 1. The molecule has 0 radical (unpaired) electrons. The molecule has 0 bridgehead atoms. The van der Waals surface area contributed by atoms with Crippen LogP contribution in [0.25, 0.3) is 10.8 Å². The maximum atomic E-state index is 11.4. The lowest BCUT2D eigenvalue weighted by atomic mass is 9.97. The van der Waals surface area contributed by atoms with E-state index < -0.39 is 0 Å². The summed E-state index contributed by atoms with van der Waals surface area (Å²) in [7, 11) is 0. The highest BCUT2D eigenvalue weighted by Gasteiger charge is 2.28. The molecule has 0 N–H and O–H groups in total. The van der Waals surface area contributed by atoms with Gasteiger partial charge in [-0.15, -0.1) is 0 Å². The van der Waals surface area contributed by atoms with Gasteiger partial charge in [-0.25, -0.2) is 5.01 Å². The fourth-order valence-electron chi connectivity index (χ4n) is 3.11. The van der Waals surface area contributed by atoms with Crippen molar-refractivity contribution >= 4 is 22.9 Å². The van der Waals surface area contributed by atoms with Crippen molar-refractivity contribution in [2.24, 2.45) is 5.10 Å². The summed E-state index contributed by atoms with van der Waals surface area (Å²) in [5, 5.41) is 8.45. The first-order valence-electron chi connectivity index (χ1n) is 7.70. The van der Waals surface area contributed by atoms with Crippen LogP contribution >= 0.6 is 0 Å². The quantitative estimate of drug-likeness (QED) is 0.669. The van der Waals surface area contributed by atoms with Gasteiger partial charge in [-0.05, 0) is 28.0 Å². The zero-order valence-electron chi connectivity index (χ0n) is 12.6. The van der Waals surface area contributed by atoms with Crippen LogP contribution in [0.4, 0.5) is 0 Å². The Balaban J connectivity index is 1.70. The molecular formula is C20H16N2O. The minimum absolute atomic E-state index is 0.0184. The van der Waals surface area contributed by atoms with Crippen LogP contribution in [-0.4, -0.2) is 17.1 Å². The molecule has 3 nitrogen and oxygen atoms in total. The van der Waals surface area contributed by atoms with Crippen molar-refractivity contribution in [1.29, 1.82) is 0 Å². The Morgan fingerprint density at radius 1 is 0.913 bits per heavy atom. The summed E-state index contributed by atoms with van der Waals surface area (Å²) in [4.78, 5) is 11.4. The average molecular weight is 300 g/mol. The fourth-order valence-corrected chi connectivity index (χ4v) is 3.11. The smallest absolute Gasteiger partial charge is 0.230 e. The maximum absolute atomic E-state index is 11.4. The van der Waals surface area contributed by atoms with E-state index in [1.165, 1.54) is 15.8 Å². The first-order valence-corrected chi connectivity index (χ1v) is 7.70. The number of nitrogens with zero attached hydrogens (tertiary/aromatic N) is 2. The van der Waals surface area contributed by atoms with Crippen LogP contribution in [-0.2, 0) is 4.79 Å². The van der Waals surface area contributed by atoms with E-state index in [2.05, 4.69) is 35.4 Å². The van der Waals surface area contributed by atoms with Gasteiger partial charge in [-0.2, -0.15) is 5.10 Å². The molecule has 0 spiro atoms. The lowest BCUT2D eigenvalue weighted by Crippen LogP contribution is -2.17. The van der Waals surface area contributed by atoms with Gasteiger partial charge in [0, 0.05) is 6.42 Å². The Bertz CT molecular complexity index is 886. The molecule has 1 atom stereocenters. The summed E-state index contributed by atoms with van der Waals surface area (Å²) in [6.07, 6.45) is 1.55. The number of fused-ring (bicyclic) bond motifs is 1.